The normalized spacial score (nSPS) is 11.6. The van der Waals surface area contributed by atoms with Crippen LogP contribution >= 0.6 is 0 Å². The van der Waals surface area contributed by atoms with Crippen molar-refractivity contribution in [3.63, 3.8) is 0 Å². The standard InChI is InChI=1S/C25H33NO5/c1-5-9-21(19-10-7-6-8-11-19)26-24(27)17-31-25(28)20-12-13-22(23(16-20)29-4)30-15-14-18(2)3/h6-8,10-13,16,18,21H,5,9,14-15,17H2,1-4H3,(H,26,27). The van der Waals surface area contributed by atoms with Gasteiger partial charge in [0.2, 0.25) is 0 Å². The van der Waals surface area contributed by atoms with Gasteiger partial charge in [0.15, 0.2) is 18.1 Å². The van der Waals surface area contributed by atoms with Crippen LogP contribution < -0.4 is 14.8 Å². The third-order valence-corrected chi connectivity index (χ3v) is 4.80. The van der Waals surface area contributed by atoms with Crippen molar-refractivity contribution in [1.82, 2.24) is 5.32 Å². The molecule has 1 unspecified atom stereocenters. The van der Waals surface area contributed by atoms with E-state index in [2.05, 4.69) is 26.1 Å². The van der Waals surface area contributed by atoms with Gasteiger partial charge >= 0.3 is 5.97 Å². The molecule has 0 saturated carbocycles. The molecule has 31 heavy (non-hydrogen) atoms. The summed E-state index contributed by atoms with van der Waals surface area (Å²) in [4.78, 5) is 24.8. The molecule has 2 aromatic carbocycles. The van der Waals surface area contributed by atoms with Crippen molar-refractivity contribution in [1.29, 1.82) is 0 Å². The first-order valence-electron chi connectivity index (χ1n) is 10.8. The molecule has 0 radical (unpaired) electrons. The quantitative estimate of drug-likeness (QED) is 0.486. The van der Waals surface area contributed by atoms with Crippen molar-refractivity contribution in [2.75, 3.05) is 20.3 Å². The monoisotopic (exact) mass is 427 g/mol. The summed E-state index contributed by atoms with van der Waals surface area (Å²) in [5, 5.41) is 2.94. The second-order valence-electron chi connectivity index (χ2n) is 7.79. The molecule has 1 N–H and O–H groups in total. The van der Waals surface area contributed by atoms with Crippen molar-refractivity contribution in [3.05, 3.63) is 59.7 Å². The third-order valence-electron chi connectivity index (χ3n) is 4.80. The summed E-state index contributed by atoms with van der Waals surface area (Å²) in [6, 6.07) is 14.5. The van der Waals surface area contributed by atoms with Crippen LogP contribution in [-0.4, -0.2) is 32.2 Å². The first-order valence-corrected chi connectivity index (χ1v) is 10.8. The molecule has 1 atom stereocenters. The fourth-order valence-electron chi connectivity index (χ4n) is 3.07. The summed E-state index contributed by atoms with van der Waals surface area (Å²) >= 11 is 0. The van der Waals surface area contributed by atoms with E-state index in [1.54, 1.807) is 18.2 Å². The zero-order valence-corrected chi connectivity index (χ0v) is 18.9. The average molecular weight is 428 g/mol. The van der Waals surface area contributed by atoms with Gasteiger partial charge in [-0.25, -0.2) is 4.79 Å². The molecule has 0 bridgehead atoms. The number of esters is 1. The Bertz CT molecular complexity index is 835. The molecule has 0 spiro atoms. The van der Waals surface area contributed by atoms with Crippen molar-refractivity contribution >= 4 is 11.9 Å². The zero-order chi connectivity index (χ0) is 22.6. The SMILES string of the molecule is CCCC(NC(=O)COC(=O)c1ccc(OCCC(C)C)c(OC)c1)c1ccccc1. The Morgan fingerprint density at radius 2 is 1.74 bits per heavy atom. The molecule has 0 aliphatic rings. The maximum atomic E-state index is 12.4. The summed E-state index contributed by atoms with van der Waals surface area (Å²) in [7, 11) is 1.52. The minimum absolute atomic E-state index is 0.111. The lowest BCUT2D eigenvalue weighted by molar-refractivity contribution is -0.125. The molecule has 0 aliphatic carbocycles. The molecule has 0 aromatic heterocycles. The fourth-order valence-corrected chi connectivity index (χ4v) is 3.07. The molecule has 0 aliphatic heterocycles. The molecule has 0 saturated heterocycles. The van der Waals surface area contributed by atoms with Crippen LogP contribution in [0.15, 0.2) is 48.5 Å². The predicted molar refractivity (Wildman–Crippen MR) is 120 cm³/mol. The highest BCUT2D eigenvalue weighted by molar-refractivity contribution is 5.92. The van der Waals surface area contributed by atoms with Gasteiger partial charge < -0.3 is 19.5 Å². The highest BCUT2D eigenvalue weighted by atomic mass is 16.5. The van der Waals surface area contributed by atoms with Gasteiger partial charge in [-0.1, -0.05) is 57.5 Å². The van der Waals surface area contributed by atoms with Crippen molar-refractivity contribution in [3.8, 4) is 11.5 Å². The first kappa shape index (κ1) is 24.3. The lowest BCUT2D eigenvalue weighted by Crippen LogP contribution is -2.32. The summed E-state index contributed by atoms with van der Waals surface area (Å²) in [5.41, 5.74) is 1.33. The molecule has 2 rings (SSSR count). The Kier molecular flexibility index (Phi) is 9.88. The van der Waals surface area contributed by atoms with Crippen LogP contribution in [0.3, 0.4) is 0 Å². The van der Waals surface area contributed by atoms with Crippen LogP contribution in [0.1, 0.15) is 62.0 Å². The van der Waals surface area contributed by atoms with Gasteiger partial charge in [-0.2, -0.15) is 0 Å². The molecule has 1 amide bonds. The summed E-state index contributed by atoms with van der Waals surface area (Å²) in [6.45, 7) is 6.53. The second kappa shape index (κ2) is 12.6. The van der Waals surface area contributed by atoms with Gasteiger partial charge in [0, 0.05) is 0 Å². The number of ether oxygens (including phenoxy) is 3. The van der Waals surface area contributed by atoms with E-state index in [1.807, 2.05) is 30.3 Å². The Morgan fingerprint density at radius 1 is 1.00 bits per heavy atom. The van der Waals surface area contributed by atoms with E-state index in [0.717, 1.165) is 24.8 Å². The lowest BCUT2D eigenvalue weighted by Gasteiger charge is -2.18. The summed E-state index contributed by atoms with van der Waals surface area (Å²) in [6.07, 6.45) is 2.65. The van der Waals surface area contributed by atoms with Gasteiger partial charge in [0.05, 0.1) is 25.3 Å². The van der Waals surface area contributed by atoms with Crippen LogP contribution in [-0.2, 0) is 9.53 Å². The maximum absolute atomic E-state index is 12.4. The van der Waals surface area contributed by atoms with E-state index in [0.29, 0.717) is 29.6 Å². The Morgan fingerprint density at radius 3 is 2.39 bits per heavy atom. The summed E-state index contributed by atoms with van der Waals surface area (Å²) < 4.78 is 16.3. The molecule has 0 fully saturated rings. The minimum Gasteiger partial charge on any atom is -0.493 e. The lowest BCUT2D eigenvalue weighted by atomic mass is 10.0. The van der Waals surface area contributed by atoms with E-state index in [9.17, 15) is 9.59 Å². The number of benzene rings is 2. The average Bonchev–Trinajstić information content (AvgIpc) is 2.77. The number of hydrogen-bond donors (Lipinski definition) is 1. The second-order valence-corrected chi connectivity index (χ2v) is 7.79. The fraction of sp³-hybridized carbons (Fsp3) is 0.440. The molecule has 168 valence electrons. The van der Waals surface area contributed by atoms with Gasteiger partial charge in [-0.15, -0.1) is 0 Å². The number of carbonyl (C=O) groups excluding carboxylic acids is 2. The number of carbonyl (C=O) groups is 2. The number of nitrogens with one attached hydrogen (secondary N) is 1. The number of amides is 1. The van der Waals surface area contributed by atoms with Crippen LogP contribution in [0.5, 0.6) is 11.5 Å². The highest BCUT2D eigenvalue weighted by Gasteiger charge is 2.17. The van der Waals surface area contributed by atoms with Crippen molar-refractivity contribution in [2.45, 2.75) is 46.1 Å². The Balaban J connectivity index is 1.92. The Hall–Kier alpha value is -3.02. The number of rotatable bonds is 12. The van der Waals surface area contributed by atoms with Gasteiger partial charge in [-0.05, 0) is 42.5 Å². The smallest absolute Gasteiger partial charge is 0.338 e. The maximum Gasteiger partial charge on any atom is 0.338 e. The number of hydrogen-bond acceptors (Lipinski definition) is 5. The highest BCUT2D eigenvalue weighted by Crippen LogP contribution is 2.28. The molecular weight excluding hydrogens is 394 g/mol. The molecule has 6 nitrogen and oxygen atoms in total. The van der Waals surface area contributed by atoms with E-state index in [4.69, 9.17) is 14.2 Å². The predicted octanol–water partition coefficient (Wildman–Crippen LogP) is 4.93. The molecule has 6 heteroatoms. The summed E-state index contributed by atoms with van der Waals surface area (Å²) in [5.74, 6) is 0.632. The third kappa shape index (κ3) is 7.96. The molecule has 2 aromatic rings. The van der Waals surface area contributed by atoms with Crippen LogP contribution in [0, 0.1) is 5.92 Å². The van der Waals surface area contributed by atoms with E-state index >= 15 is 0 Å². The van der Waals surface area contributed by atoms with Gasteiger partial charge in [-0.3, -0.25) is 4.79 Å². The van der Waals surface area contributed by atoms with Gasteiger partial charge in [0.25, 0.3) is 5.91 Å². The van der Waals surface area contributed by atoms with Crippen LogP contribution in [0.25, 0.3) is 0 Å². The van der Waals surface area contributed by atoms with Crippen LogP contribution in [0.2, 0.25) is 0 Å². The molecular formula is C25H33NO5. The largest absolute Gasteiger partial charge is 0.493 e. The molecule has 0 heterocycles. The van der Waals surface area contributed by atoms with Crippen molar-refractivity contribution in [2.24, 2.45) is 5.92 Å². The minimum atomic E-state index is -0.589. The van der Waals surface area contributed by atoms with Crippen LogP contribution in [0.4, 0.5) is 0 Å². The first-order chi connectivity index (χ1) is 14.9. The zero-order valence-electron chi connectivity index (χ0n) is 18.9. The van der Waals surface area contributed by atoms with Gasteiger partial charge in [0.1, 0.15) is 0 Å². The van der Waals surface area contributed by atoms with Crippen molar-refractivity contribution < 1.29 is 23.8 Å². The topological polar surface area (TPSA) is 73.9 Å². The Labute approximate surface area is 184 Å². The van der Waals surface area contributed by atoms with E-state index in [-0.39, 0.29) is 18.6 Å². The number of methoxy groups -OCH3 is 1. The van der Waals surface area contributed by atoms with E-state index in [1.165, 1.54) is 7.11 Å². The van der Waals surface area contributed by atoms with E-state index < -0.39 is 5.97 Å².